The summed E-state index contributed by atoms with van der Waals surface area (Å²) in [7, 11) is 0. The number of hydrogen-bond acceptors (Lipinski definition) is 6. The first-order valence-electron chi connectivity index (χ1n) is 10.6. The molecule has 1 aliphatic rings. The summed E-state index contributed by atoms with van der Waals surface area (Å²) in [5, 5.41) is 3.11. The van der Waals surface area contributed by atoms with Crippen LogP contribution in [0.4, 0.5) is 18.3 Å². The first kappa shape index (κ1) is 25.1. The van der Waals surface area contributed by atoms with Crippen molar-refractivity contribution in [2.24, 2.45) is 0 Å². The van der Waals surface area contributed by atoms with Crippen LogP contribution < -0.4 is 5.32 Å². The molecular formula is C22H27F3N4O3S. The van der Waals surface area contributed by atoms with Crippen LogP contribution in [0.1, 0.15) is 32.9 Å². The maximum Gasteiger partial charge on any atom is 0.416 e. The Hall–Kier alpha value is -2.50. The van der Waals surface area contributed by atoms with Crippen molar-refractivity contribution in [1.29, 1.82) is 0 Å². The van der Waals surface area contributed by atoms with Gasteiger partial charge in [-0.2, -0.15) is 13.2 Å². The summed E-state index contributed by atoms with van der Waals surface area (Å²) in [5.41, 5.74) is -0.206. The molecule has 180 valence electrons. The van der Waals surface area contributed by atoms with E-state index in [0.717, 1.165) is 35.8 Å². The average molecular weight is 485 g/mol. The Kier molecular flexibility index (Phi) is 8.44. The van der Waals surface area contributed by atoms with Gasteiger partial charge < -0.3 is 15.0 Å². The highest BCUT2D eigenvalue weighted by Crippen LogP contribution is 2.30. The van der Waals surface area contributed by atoms with Gasteiger partial charge in [0, 0.05) is 36.6 Å². The number of nitrogens with zero attached hydrogens (tertiary/aromatic N) is 3. The van der Waals surface area contributed by atoms with E-state index in [0.29, 0.717) is 31.3 Å². The van der Waals surface area contributed by atoms with Crippen LogP contribution in [0.5, 0.6) is 0 Å². The number of alkyl halides is 3. The largest absolute Gasteiger partial charge is 0.416 e. The fourth-order valence-corrected chi connectivity index (χ4v) is 4.26. The van der Waals surface area contributed by atoms with E-state index in [1.807, 2.05) is 13.8 Å². The number of nitrogens with one attached hydrogen (secondary N) is 1. The van der Waals surface area contributed by atoms with Crippen LogP contribution in [0, 0.1) is 13.8 Å². The SMILES string of the molecule is Cc1nc(NC(=O)CN(CCCN2CCOCC2)C(=O)c2cccc(C(F)(F)F)c2)sc1C. The van der Waals surface area contributed by atoms with E-state index >= 15 is 0 Å². The lowest BCUT2D eigenvalue weighted by Crippen LogP contribution is -2.41. The second kappa shape index (κ2) is 11.1. The van der Waals surface area contributed by atoms with Crippen molar-refractivity contribution < 1.29 is 27.5 Å². The summed E-state index contributed by atoms with van der Waals surface area (Å²) in [6, 6.07) is 4.27. The fourth-order valence-electron chi connectivity index (χ4n) is 3.43. The van der Waals surface area contributed by atoms with Gasteiger partial charge in [-0.1, -0.05) is 6.07 Å². The Morgan fingerprint density at radius 1 is 1.24 bits per heavy atom. The zero-order valence-corrected chi connectivity index (χ0v) is 19.4. The smallest absolute Gasteiger partial charge is 0.379 e. The second-order valence-corrected chi connectivity index (χ2v) is 9.02. The standard InChI is InChI=1S/C22H27F3N4O3S/c1-15-16(2)33-21(26-15)27-19(30)14-29(8-4-7-28-9-11-32-12-10-28)20(31)17-5-3-6-18(13-17)22(23,24)25/h3,5-6,13H,4,7-12,14H2,1-2H3,(H,26,27,30). The molecule has 1 fully saturated rings. The average Bonchev–Trinajstić information content (AvgIpc) is 3.09. The predicted molar refractivity (Wildman–Crippen MR) is 119 cm³/mol. The van der Waals surface area contributed by atoms with E-state index in [2.05, 4.69) is 15.2 Å². The molecule has 0 saturated carbocycles. The number of aryl methyl sites for hydroxylation is 2. The number of rotatable bonds is 8. The molecule has 7 nitrogen and oxygen atoms in total. The number of hydrogen-bond donors (Lipinski definition) is 1. The van der Waals surface area contributed by atoms with Gasteiger partial charge in [-0.25, -0.2) is 4.98 Å². The van der Waals surface area contributed by atoms with Gasteiger partial charge in [-0.3, -0.25) is 14.5 Å². The monoisotopic (exact) mass is 484 g/mol. The number of ether oxygens (including phenoxy) is 1. The highest BCUT2D eigenvalue weighted by atomic mass is 32.1. The summed E-state index contributed by atoms with van der Waals surface area (Å²) >= 11 is 1.33. The maximum atomic E-state index is 13.1. The lowest BCUT2D eigenvalue weighted by molar-refractivity contribution is -0.137. The van der Waals surface area contributed by atoms with Crippen molar-refractivity contribution in [3.63, 3.8) is 0 Å². The lowest BCUT2D eigenvalue weighted by Gasteiger charge is -2.28. The van der Waals surface area contributed by atoms with Crippen molar-refractivity contribution in [2.75, 3.05) is 51.3 Å². The van der Waals surface area contributed by atoms with Crippen molar-refractivity contribution >= 4 is 28.3 Å². The van der Waals surface area contributed by atoms with Crippen molar-refractivity contribution in [2.45, 2.75) is 26.4 Å². The number of thiazole rings is 1. The molecule has 0 atom stereocenters. The Morgan fingerprint density at radius 3 is 2.61 bits per heavy atom. The van der Waals surface area contributed by atoms with Gasteiger partial charge in [0.15, 0.2) is 5.13 Å². The molecule has 1 aromatic heterocycles. The molecule has 2 amide bonds. The number of aromatic nitrogens is 1. The molecule has 0 bridgehead atoms. The first-order valence-corrected chi connectivity index (χ1v) is 11.5. The van der Waals surface area contributed by atoms with E-state index in [4.69, 9.17) is 4.74 Å². The number of morpholine rings is 1. The predicted octanol–water partition coefficient (Wildman–Crippen LogP) is 3.58. The molecule has 2 aromatic rings. The Labute approximate surface area is 194 Å². The Bertz CT molecular complexity index is 955. The van der Waals surface area contributed by atoms with E-state index in [-0.39, 0.29) is 18.7 Å². The molecule has 0 radical (unpaired) electrons. The third-order valence-electron chi connectivity index (χ3n) is 5.34. The highest BCUT2D eigenvalue weighted by molar-refractivity contribution is 7.15. The quantitative estimate of drug-likeness (QED) is 0.620. The summed E-state index contributed by atoms with van der Waals surface area (Å²) < 4.78 is 44.7. The Morgan fingerprint density at radius 2 is 1.97 bits per heavy atom. The van der Waals surface area contributed by atoms with Crippen LogP contribution in [-0.4, -0.2) is 72.5 Å². The number of benzene rings is 1. The third-order valence-corrected chi connectivity index (χ3v) is 6.33. The molecule has 2 heterocycles. The molecule has 11 heteroatoms. The minimum Gasteiger partial charge on any atom is -0.379 e. The second-order valence-electron chi connectivity index (χ2n) is 7.82. The molecule has 33 heavy (non-hydrogen) atoms. The molecule has 1 aliphatic heterocycles. The summed E-state index contributed by atoms with van der Waals surface area (Å²) in [4.78, 5) is 34.4. The van der Waals surface area contributed by atoms with Crippen LogP contribution in [-0.2, 0) is 15.7 Å². The maximum absolute atomic E-state index is 13.1. The van der Waals surface area contributed by atoms with Crippen LogP contribution in [0.15, 0.2) is 24.3 Å². The molecular weight excluding hydrogens is 457 g/mol. The molecule has 1 aromatic carbocycles. The van der Waals surface area contributed by atoms with Gasteiger partial charge in [0.05, 0.1) is 24.5 Å². The normalized spacial score (nSPS) is 14.8. The number of halogens is 3. The summed E-state index contributed by atoms with van der Waals surface area (Å²) in [6.07, 6.45) is -3.98. The van der Waals surface area contributed by atoms with Gasteiger partial charge in [0.2, 0.25) is 5.91 Å². The Balaban J connectivity index is 1.70. The molecule has 0 unspecified atom stereocenters. The van der Waals surface area contributed by atoms with Crippen LogP contribution in [0.25, 0.3) is 0 Å². The van der Waals surface area contributed by atoms with Gasteiger partial charge in [-0.15, -0.1) is 11.3 Å². The van der Waals surface area contributed by atoms with E-state index in [1.54, 1.807) is 0 Å². The van der Waals surface area contributed by atoms with Crippen molar-refractivity contribution in [3.05, 3.63) is 46.0 Å². The molecule has 3 rings (SSSR count). The summed E-state index contributed by atoms with van der Waals surface area (Å²) in [6.45, 7) is 7.21. The number of carbonyl (C=O) groups excluding carboxylic acids is 2. The zero-order chi connectivity index (χ0) is 24.0. The lowest BCUT2D eigenvalue weighted by atomic mass is 10.1. The van der Waals surface area contributed by atoms with Crippen LogP contribution in [0.3, 0.4) is 0 Å². The van der Waals surface area contributed by atoms with Gasteiger partial charge in [0.1, 0.15) is 6.54 Å². The fraction of sp³-hybridized carbons (Fsp3) is 0.500. The number of anilines is 1. The van der Waals surface area contributed by atoms with E-state index in [9.17, 15) is 22.8 Å². The highest BCUT2D eigenvalue weighted by Gasteiger charge is 2.31. The van der Waals surface area contributed by atoms with Crippen LogP contribution in [0.2, 0.25) is 0 Å². The molecule has 0 spiro atoms. The van der Waals surface area contributed by atoms with Gasteiger partial charge in [0.25, 0.3) is 5.91 Å². The minimum atomic E-state index is -4.56. The number of carbonyl (C=O) groups is 2. The van der Waals surface area contributed by atoms with Gasteiger partial charge in [-0.05, 0) is 38.5 Å². The zero-order valence-electron chi connectivity index (χ0n) is 18.6. The first-order chi connectivity index (χ1) is 15.6. The van der Waals surface area contributed by atoms with E-state index in [1.165, 1.54) is 28.4 Å². The minimum absolute atomic E-state index is 0.107. The molecule has 1 saturated heterocycles. The third kappa shape index (κ3) is 7.24. The van der Waals surface area contributed by atoms with Gasteiger partial charge >= 0.3 is 6.18 Å². The number of amides is 2. The van der Waals surface area contributed by atoms with Crippen LogP contribution >= 0.6 is 11.3 Å². The van der Waals surface area contributed by atoms with Crippen molar-refractivity contribution in [3.8, 4) is 0 Å². The molecule has 1 N–H and O–H groups in total. The summed E-state index contributed by atoms with van der Waals surface area (Å²) in [5.74, 6) is -1.07. The van der Waals surface area contributed by atoms with E-state index < -0.39 is 23.6 Å². The molecule has 0 aliphatic carbocycles. The van der Waals surface area contributed by atoms with Crippen molar-refractivity contribution in [1.82, 2.24) is 14.8 Å². The topological polar surface area (TPSA) is 74.8 Å².